The van der Waals surface area contributed by atoms with Crippen molar-refractivity contribution in [2.45, 2.75) is 38.6 Å². The molecule has 7 nitrogen and oxygen atoms in total. The highest BCUT2D eigenvalue weighted by molar-refractivity contribution is 7.09. The van der Waals surface area contributed by atoms with Crippen molar-refractivity contribution in [1.29, 1.82) is 0 Å². The normalized spacial score (nSPS) is 22.1. The van der Waals surface area contributed by atoms with Gasteiger partial charge in [0.25, 0.3) is 0 Å². The van der Waals surface area contributed by atoms with E-state index in [0.717, 1.165) is 30.6 Å². The number of rotatable bonds is 6. The highest BCUT2D eigenvalue weighted by Gasteiger charge is 2.47. The van der Waals surface area contributed by atoms with Crippen LogP contribution in [0.25, 0.3) is 0 Å². The number of thiophene rings is 1. The number of benzene rings is 1. The molecule has 3 aliphatic rings. The summed E-state index contributed by atoms with van der Waals surface area (Å²) in [6, 6.07) is 9.42. The molecule has 1 aliphatic carbocycles. The molecule has 1 saturated heterocycles. The summed E-state index contributed by atoms with van der Waals surface area (Å²) in [6.45, 7) is 1.53. The van der Waals surface area contributed by atoms with Crippen molar-refractivity contribution >= 4 is 34.7 Å². The van der Waals surface area contributed by atoms with Crippen molar-refractivity contribution < 1.29 is 23.9 Å². The summed E-state index contributed by atoms with van der Waals surface area (Å²) in [5.74, 6) is 0.572. The minimum atomic E-state index is -0.189. The molecule has 3 amide bonds. The first-order chi connectivity index (χ1) is 15.6. The number of carbonyl (C=O) groups is 3. The van der Waals surface area contributed by atoms with Crippen molar-refractivity contribution in [3.05, 3.63) is 40.6 Å². The molecule has 32 heavy (non-hydrogen) atoms. The van der Waals surface area contributed by atoms with Crippen LogP contribution in [0.1, 0.15) is 37.0 Å². The van der Waals surface area contributed by atoms with E-state index in [1.54, 1.807) is 16.2 Å². The van der Waals surface area contributed by atoms with Gasteiger partial charge in [-0.1, -0.05) is 18.9 Å². The third kappa shape index (κ3) is 3.99. The second-order valence-corrected chi connectivity index (χ2v) is 9.50. The molecule has 1 saturated carbocycles. The molecule has 2 fully saturated rings. The fraction of sp³-hybridized carbons (Fsp3) is 0.458. The molecule has 0 unspecified atom stereocenters. The van der Waals surface area contributed by atoms with Gasteiger partial charge >= 0.3 is 0 Å². The SMILES string of the molecule is O=C1[C@H]2CCCC[C@H]2C(=O)N1CCC(=O)N(Cc1cccs1)c1ccc2c(c1)OCCO2. The van der Waals surface area contributed by atoms with Crippen LogP contribution in [0.5, 0.6) is 11.5 Å². The Labute approximate surface area is 190 Å². The fourth-order valence-corrected chi connectivity index (χ4v) is 5.57. The summed E-state index contributed by atoms with van der Waals surface area (Å²) < 4.78 is 11.3. The Morgan fingerprint density at radius 3 is 2.44 bits per heavy atom. The lowest BCUT2D eigenvalue weighted by Crippen LogP contribution is -2.37. The maximum atomic E-state index is 13.3. The quantitative estimate of drug-likeness (QED) is 0.623. The summed E-state index contributed by atoms with van der Waals surface area (Å²) in [6.07, 6.45) is 3.64. The summed E-state index contributed by atoms with van der Waals surface area (Å²) in [5, 5.41) is 1.98. The van der Waals surface area contributed by atoms with Crippen LogP contribution in [0.15, 0.2) is 35.7 Å². The molecule has 0 N–H and O–H groups in total. The summed E-state index contributed by atoms with van der Waals surface area (Å²) in [4.78, 5) is 42.9. The summed E-state index contributed by atoms with van der Waals surface area (Å²) >= 11 is 1.58. The van der Waals surface area contributed by atoms with Gasteiger partial charge in [-0.25, -0.2) is 0 Å². The van der Waals surface area contributed by atoms with Gasteiger partial charge in [0.2, 0.25) is 17.7 Å². The third-order valence-corrected chi connectivity index (χ3v) is 7.38. The maximum Gasteiger partial charge on any atom is 0.233 e. The van der Waals surface area contributed by atoms with E-state index in [1.165, 1.54) is 4.90 Å². The van der Waals surface area contributed by atoms with Crippen molar-refractivity contribution in [3.8, 4) is 11.5 Å². The first-order valence-electron chi connectivity index (χ1n) is 11.2. The molecule has 2 atom stereocenters. The van der Waals surface area contributed by atoms with Crippen molar-refractivity contribution in [2.24, 2.45) is 11.8 Å². The smallest absolute Gasteiger partial charge is 0.233 e. The van der Waals surface area contributed by atoms with Gasteiger partial charge in [-0.05, 0) is 36.4 Å². The molecule has 1 aromatic carbocycles. The molecular formula is C24H26N2O5S. The number of ether oxygens (including phenoxy) is 2. The summed E-state index contributed by atoms with van der Waals surface area (Å²) in [5.41, 5.74) is 0.709. The van der Waals surface area contributed by atoms with Crippen molar-refractivity contribution in [1.82, 2.24) is 4.90 Å². The average Bonchev–Trinajstić information content (AvgIpc) is 3.43. The van der Waals surface area contributed by atoms with Gasteiger partial charge in [0.15, 0.2) is 11.5 Å². The topological polar surface area (TPSA) is 76.2 Å². The maximum absolute atomic E-state index is 13.3. The largest absolute Gasteiger partial charge is 0.486 e. The number of nitrogens with zero attached hydrogens (tertiary/aromatic N) is 2. The molecule has 2 aromatic rings. The number of likely N-dealkylation sites (tertiary alicyclic amines) is 1. The number of anilines is 1. The molecule has 0 bridgehead atoms. The second-order valence-electron chi connectivity index (χ2n) is 8.46. The zero-order chi connectivity index (χ0) is 22.1. The number of hydrogen-bond acceptors (Lipinski definition) is 6. The van der Waals surface area contributed by atoms with E-state index in [9.17, 15) is 14.4 Å². The van der Waals surface area contributed by atoms with Gasteiger partial charge in [-0.15, -0.1) is 11.3 Å². The van der Waals surface area contributed by atoms with Gasteiger partial charge in [-0.3, -0.25) is 19.3 Å². The standard InChI is InChI=1S/C24H26N2O5S/c27-22(9-10-25-23(28)18-5-1-2-6-19(18)24(25)29)26(15-17-4-3-13-32-17)16-7-8-20-21(14-16)31-12-11-30-20/h3-4,7-8,13-14,18-19H,1-2,5-6,9-12,15H2/t18-,19+. The lowest BCUT2D eigenvalue weighted by molar-refractivity contribution is -0.140. The van der Waals surface area contributed by atoms with Crippen LogP contribution >= 0.6 is 11.3 Å². The number of fused-ring (bicyclic) bond motifs is 2. The monoisotopic (exact) mass is 454 g/mol. The van der Waals surface area contributed by atoms with E-state index >= 15 is 0 Å². The van der Waals surface area contributed by atoms with Crippen molar-refractivity contribution in [3.63, 3.8) is 0 Å². The van der Waals surface area contributed by atoms with E-state index in [4.69, 9.17) is 9.47 Å². The van der Waals surface area contributed by atoms with E-state index in [1.807, 2.05) is 35.7 Å². The molecule has 8 heteroatoms. The second kappa shape index (κ2) is 8.94. The van der Waals surface area contributed by atoms with Crippen LogP contribution in [0.3, 0.4) is 0 Å². The Bertz CT molecular complexity index is 997. The Morgan fingerprint density at radius 1 is 1.03 bits per heavy atom. The van der Waals surface area contributed by atoms with Crippen LogP contribution in [-0.4, -0.2) is 42.4 Å². The molecule has 5 rings (SSSR count). The Morgan fingerprint density at radius 2 is 1.75 bits per heavy atom. The molecule has 168 valence electrons. The van der Waals surface area contributed by atoms with E-state index in [0.29, 0.717) is 36.9 Å². The van der Waals surface area contributed by atoms with Crippen LogP contribution < -0.4 is 14.4 Å². The molecule has 3 heterocycles. The predicted molar refractivity (Wildman–Crippen MR) is 120 cm³/mol. The van der Waals surface area contributed by atoms with Crippen molar-refractivity contribution in [2.75, 3.05) is 24.7 Å². The molecule has 0 spiro atoms. The lowest BCUT2D eigenvalue weighted by atomic mass is 9.81. The zero-order valence-electron chi connectivity index (χ0n) is 17.8. The highest BCUT2D eigenvalue weighted by Crippen LogP contribution is 2.38. The molecule has 1 aromatic heterocycles. The summed E-state index contributed by atoms with van der Waals surface area (Å²) in [7, 11) is 0. The number of amides is 3. The number of imide groups is 1. The highest BCUT2D eigenvalue weighted by atomic mass is 32.1. The lowest BCUT2D eigenvalue weighted by Gasteiger charge is -2.26. The van der Waals surface area contributed by atoms with Gasteiger partial charge in [0, 0.05) is 29.6 Å². The first kappa shape index (κ1) is 21.0. The van der Waals surface area contributed by atoms with E-state index in [-0.39, 0.29) is 42.5 Å². The van der Waals surface area contributed by atoms with Gasteiger partial charge in [0.05, 0.1) is 18.4 Å². The minimum Gasteiger partial charge on any atom is -0.486 e. The molecule has 2 aliphatic heterocycles. The Balaban J connectivity index is 1.33. The van der Waals surface area contributed by atoms with E-state index in [2.05, 4.69) is 0 Å². The van der Waals surface area contributed by atoms with Crippen LogP contribution in [-0.2, 0) is 20.9 Å². The first-order valence-corrected chi connectivity index (χ1v) is 12.1. The van der Waals surface area contributed by atoms with Crippen LogP contribution in [0.2, 0.25) is 0 Å². The Kier molecular flexibility index (Phi) is 5.87. The van der Waals surface area contributed by atoms with Crippen LogP contribution in [0.4, 0.5) is 5.69 Å². The number of hydrogen-bond donors (Lipinski definition) is 0. The molecular weight excluding hydrogens is 428 g/mol. The average molecular weight is 455 g/mol. The van der Waals surface area contributed by atoms with E-state index < -0.39 is 0 Å². The van der Waals surface area contributed by atoms with Gasteiger partial charge < -0.3 is 14.4 Å². The van der Waals surface area contributed by atoms with Gasteiger partial charge in [-0.2, -0.15) is 0 Å². The third-order valence-electron chi connectivity index (χ3n) is 6.51. The number of carbonyl (C=O) groups excluding carboxylic acids is 3. The predicted octanol–water partition coefficient (Wildman–Crippen LogP) is 3.62. The Hall–Kier alpha value is -2.87. The van der Waals surface area contributed by atoms with Crippen LogP contribution in [0, 0.1) is 11.8 Å². The van der Waals surface area contributed by atoms with Gasteiger partial charge in [0.1, 0.15) is 13.2 Å². The zero-order valence-corrected chi connectivity index (χ0v) is 18.6. The molecule has 0 radical (unpaired) electrons. The fourth-order valence-electron chi connectivity index (χ4n) is 4.88. The minimum absolute atomic E-state index is 0.0940.